The van der Waals surface area contributed by atoms with Gasteiger partial charge in [-0.05, 0) is 34.6 Å². The van der Waals surface area contributed by atoms with Crippen LogP contribution in [0.2, 0.25) is 0 Å². The van der Waals surface area contributed by atoms with Crippen molar-refractivity contribution in [2.24, 2.45) is 0 Å². The van der Waals surface area contributed by atoms with Crippen molar-refractivity contribution in [2.75, 3.05) is 13.6 Å². The molecule has 0 saturated carbocycles. The van der Waals surface area contributed by atoms with Crippen LogP contribution in [0.15, 0.2) is 35.2 Å². The number of hydrogen-bond acceptors (Lipinski definition) is 2. The Morgan fingerprint density at radius 2 is 2.28 bits per heavy atom. The first-order valence-electron chi connectivity index (χ1n) is 5.79. The molecule has 0 aliphatic heterocycles. The molecule has 96 valence electrons. The van der Waals surface area contributed by atoms with Gasteiger partial charge in [-0.2, -0.15) is 0 Å². The van der Waals surface area contributed by atoms with Crippen LogP contribution in [-0.4, -0.2) is 23.1 Å². The lowest BCUT2D eigenvalue weighted by atomic mass is 10.2. The maximum absolute atomic E-state index is 13.4. The lowest BCUT2D eigenvalue weighted by molar-refractivity contribution is 0.616. The molecule has 0 atom stereocenters. The van der Waals surface area contributed by atoms with Gasteiger partial charge in [-0.15, -0.1) is 0 Å². The molecular formula is C13H15BrFN3. The van der Waals surface area contributed by atoms with Crippen LogP contribution in [0.1, 0.15) is 11.3 Å². The van der Waals surface area contributed by atoms with E-state index in [2.05, 4.69) is 26.2 Å². The number of likely N-dealkylation sites (N-methyl/N-ethyl adjacent to an activating group) is 1. The van der Waals surface area contributed by atoms with Crippen LogP contribution in [0.25, 0.3) is 0 Å². The van der Waals surface area contributed by atoms with Crippen LogP contribution in [0.4, 0.5) is 4.39 Å². The van der Waals surface area contributed by atoms with Crippen molar-refractivity contribution in [1.82, 2.24) is 14.9 Å². The van der Waals surface area contributed by atoms with Gasteiger partial charge in [0.15, 0.2) is 0 Å². The van der Waals surface area contributed by atoms with E-state index in [1.165, 1.54) is 6.07 Å². The quantitative estimate of drug-likeness (QED) is 0.920. The van der Waals surface area contributed by atoms with Crippen molar-refractivity contribution in [2.45, 2.75) is 13.0 Å². The fourth-order valence-corrected chi connectivity index (χ4v) is 2.13. The molecule has 0 fully saturated rings. The molecule has 5 heteroatoms. The molecule has 1 heterocycles. The molecule has 2 aromatic rings. The monoisotopic (exact) mass is 311 g/mol. The minimum absolute atomic E-state index is 0.233. The minimum Gasteiger partial charge on any atom is -0.333 e. The molecule has 0 unspecified atom stereocenters. The first-order valence-corrected chi connectivity index (χ1v) is 6.58. The van der Waals surface area contributed by atoms with Crippen molar-refractivity contribution < 1.29 is 4.39 Å². The van der Waals surface area contributed by atoms with Crippen molar-refractivity contribution in [3.05, 3.63) is 52.3 Å². The molecule has 2 rings (SSSR count). The lowest BCUT2D eigenvalue weighted by Gasteiger charge is -2.05. The van der Waals surface area contributed by atoms with E-state index in [1.54, 1.807) is 12.4 Å². The topological polar surface area (TPSA) is 29.9 Å². The van der Waals surface area contributed by atoms with Crippen molar-refractivity contribution in [3.63, 3.8) is 0 Å². The zero-order valence-corrected chi connectivity index (χ0v) is 11.7. The lowest BCUT2D eigenvalue weighted by Crippen LogP contribution is -2.10. The minimum atomic E-state index is -0.233. The van der Waals surface area contributed by atoms with Gasteiger partial charge in [0.05, 0.1) is 16.5 Å². The fourth-order valence-electron chi connectivity index (χ4n) is 1.74. The van der Waals surface area contributed by atoms with E-state index in [1.807, 2.05) is 23.9 Å². The van der Waals surface area contributed by atoms with Crippen LogP contribution in [-0.2, 0) is 13.0 Å². The Bertz CT molecular complexity index is 525. The van der Waals surface area contributed by atoms with Gasteiger partial charge in [0.1, 0.15) is 5.82 Å². The van der Waals surface area contributed by atoms with Gasteiger partial charge in [0.2, 0.25) is 0 Å². The van der Waals surface area contributed by atoms with Crippen molar-refractivity contribution in [1.29, 1.82) is 0 Å². The van der Waals surface area contributed by atoms with Gasteiger partial charge in [-0.3, -0.25) is 0 Å². The van der Waals surface area contributed by atoms with Crippen LogP contribution in [0.5, 0.6) is 0 Å². The number of aromatic nitrogens is 2. The molecule has 0 aliphatic rings. The van der Waals surface area contributed by atoms with Gasteiger partial charge >= 0.3 is 0 Å². The van der Waals surface area contributed by atoms with E-state index in [9.17, 15) is 4.39 Å². The summed E-state index contributed by atoms with van der Waals surface area (Å²) in [5.41, 5.74) is 1.95. The second-order valence-corrected chi connectivity index (χ2v) is 4.90. The largest absolute Gasteiger partial charge is 0.333 e. The summed E-state index contributed by atoms with van der Waals surface area (Å²) in [6, 6.07) is 5.06. The first-order chi connectivity index (χ1) is 8.70. The molecule has 0 saturated heterocycles. The van der Waals surface area contributed by atoms with E-state index >= 15 is 0 Å². The smallest absolute Gasteiger partial charge is 0.137 e. The maximum Gasteiger partial charge on any atom is 0.137 e. The summed E-state index contributed by atoms with van der Waals surface area (Å²) in [4.78, 5) is 4.32. The second kappa shape index (κ2) is 6.11. The standard InChI is InChI=1S/C13H15BrFN3/c1-16-6-5-11-8-18(9-17-11)7-10-3-2-4-12(15)13(10)14/h2-4,8-9,16H,5-7H2,1H3. The number of benzene rings is 1. The number of hydrogen-bond donors (Lipinski definition) is 1. The summed E-state index contributed by atoms with van der Waals surface area (Å²) in [7, 11) is 1.92. The van der Waals surface area contributed by atoms with Gasteiger partial charge in [-0.25, -0.2) is 9.37 Å². The molecule has 1 aromatic heterocycles. The molecule has 0 amide bonds. The van der Waals surface area contributed by atoms with Gasteiger partial charge in [0.25, 0.3) is 0 Å². The average molecular weight is 312 g/mol. The SMILES string of the molecule is CNCCc1cn(Cc2cccc(F)c2Br)cn1. The normalized spacial score (nSPS) is 10.8. The van der Waals surface area contributed by atoms with E-state index in [-0.39, 0.29) is 5.82 Å². The predicted octanol–water partition coefficient (Wildman–Crippen LogP) is 2.59. The van der Waals surface area contributed by atoms with Crippen LogP contribution < -0.4 is 5.32 Å². The molecule has 1 N–H and O–H groups in total. The van der Waals surface area contributed by atoms with E-state index in [0.717, 1.165) is 24.2 Å². The summed E-state index contributed by atoms with van der Waals surface area (Å²) in [5.74, 6) is -0.233. The van der Waals surface area contributed by atoms with E-state index in [4.69, 9.17) is 0 Å². The van der Waals surface area contributed by atoms with Crippen LogP contribution in [0.3, 0.4) is 0 Å². The predicted molar refractivity (Wildman–Crippen MR) is 73.1 cm³/mol. The van der Waals surface area contributed by atoms with Crippen LogP contribution in [0, 0.1) is 5.82 Å². The summed E-state index contributed by atoms with van der Waals surface area (Å²) in [6.07, 6.45) is 4.67. The van der Waals surface area contributed by atoms with Crippen LogP contribution >= 0.6 is 15.9 Å². The summed E-state index contributed by atoms with van der Waals surface area (Å²) in [5, 5.41) is 3.09. The Balaban J connectivity index is 2.09. The molecule has 3 nitrogen and oxygen atoms in total. The highest BCUT2D eigenvalue weighted by atomic mass is 79.9. The Labute approximate surface area is 114 Å². The number of nitrogens with one attached hydrogen (secondary N) is 1. The third-order valence-electron chi connectivity index (χ3n) is 2.70. The summed E-state index contributed by atoms with van der Waals surface area (Å²) >= 11 is 3.27. The fraction of sp³-hybridized carbons (Fsp3) is 0.308. The van der Waals surface area contributed by atoms with E-state index in [0.29, 0.717) is 11.0 Å². The first kappa shape index (κ1) is 13.2. The average Bonchev–Trinajstić information content (AvgIpc) is 2.80. The molecular weight excluding hydrogens is 297 g/mol. The molecule has 0 aliphatic carbocycles. The molecule has 18 heavy (non-hydrogen) atoms. The molecule has 0 spiro atoms. The third-order valence-corrected chi connectivity index (χ3v) is 3.59. The van der Waals surface area contributed by atoms with Gasteiger partial charge in [-0.1, -0.05) is 12.1 Å². The van der Waals surface area contributed by atoms with Crippen molar-refractivity contribution >= 4 is 15.9 Å². The highest BCUT2D eigenvalue weighted by Crippen LogP contribution is 2.21. The summed E-state index contributed by atoms with van der Waals surface area (Å²) < 4.78 is 15.9. The molecule has 0 radical (unpaired) electrons. The molecule has 0 bridgehead atoms. The Hall–Kier alpha value is -1.20. The zero-order chi connectivity index (χ0) is 13.0. The third kappa shape index (κ3) is 3.17. The highest BCUT2D eigenvalue weighted by Gasteiger charge is 2.06. The summed E-state index contributed by atoms with van der Waals surface area (Å²) in [6.45, 7) is 1.52. The van der Waals surface area contributed by atoms with Gasteiger partial charge in [0, 0.05) is 25.7 Å². The molecule has 1 aromatic carbocycles. The zero-order valence-electron chi connectivity index (χ0n) is 10.2. The number of rotatable bonds is 5. The van der Waals surface area contributed by atoms with Crippen molar-refractivity contribution in [3.8, 4) is 0 Å². The number of imidazole rings is 1. The number of halogens is 2. The van der Waals surface area contributed by atoms with Gasteiger partial charge < -0.3 is 9.88 Å². The Morgan fingerprint density at radius 3 is 3.06 bits per heavy atom. The Morgan fingerprint density at radius 1 is 1.44 bits per heavy atom. The second-order valence-electron chi connectivity index (χ2n) is 4.10. The highest BCUT2D eigenvalue weighted by molar-refractivity contribution is 9.10. The Kier molecular flexibility index (Phi) is 4.49. The maximum atomic E-state index is 13.4. The number of nitrogens with zero attached hydrogens (tertiary/aromatic N) is 2. The van der Waals surface area contributed by atoms with E-state index < -0.39 is 0 Å².